The van der Waals surface area contributed by atoms with Crippen molar-refractivity contribution in [3.8, 4) is 5.75 Å². The van der Waals surface area contributed by atoms with Gasteiger partial charge in [0.15, 0.2) is 0 Å². The predicted molar refractivity (Wildman–Crippen MR) is 84.8 cm³/mol. The molecule has 3 aliphatic rings. The van der Waals surface area contributed by atoms with E-state index in [0.717, 1.165) is 57.9 Å². The van der Waals surface area contributed by atoms with Gasteiger partial charge in [-0.05, 0) is 29.5 Å². The Bertz CT molecular complexity index is 578. The predicted octanol–water partition coefficient (Wildman–Crippen LogP) is 1.92. The third kappa shape index (κ3) is 2.72. The van der Waals surface area contributed by atoms with Gasteiger partial charge in [-0.3, -0.25) is 9.69 Å². The molecule has 0 aromatic heterocycles. The Hall–Kier alpha value is -1.55. The number of hydrogen-bond acceptors (Lipinski definition) is 3. The van der Waals surface area contributed by atoms with E-state index >= 15 is 0 Å². The highest BCUT2D eigenvalue weighted by Crippen LogP contribution is 2.39. The third-order valence-corrected chi connectivity index (χ3v) is 5.27. The summed E-state index contributed by atoms with van der Waals surface area (Å²) in [5.74, 6) is 2.38. The maximum absolute atomic E-state index is 12.3. The van der Waals surface area contributed by atoms with Crippen LogP contribution in [0.5, 0.6) is 5.75 Å². The van der Waals surface area contributed by atoms with Gasteiger partial charge in [-0.15, -0.1) is 0 Å². The molecule has 2 aliphatic heterocycles. The standard InChI is InChI=1S/C18H24N2O2/c1-13-10-16(13)18(21)20-7-5-19(6-8-20)12-14-2-3-17-15(11-14)4-9-22-17/h2-3,11,13,16H,4-10,12H2,1H3/t13-,16-/m1/s1. The number of ether oxygens (including phenoxy) is 1. The Kier molecular flexibility index (Phi) is 3.57. The quantitative estimate of drug-likeness (QED) is 0.855. The van der Waals surface area contributed by atoms with Crippen LogP contribution >= 0.6 is 0 Å². The first-order valence-electron chi connectivity index (χ1n) is 8.46. The van der Waals surface area contributed by atoms with Crippen LogP contribution in [0.4, 0.5) is 0 Å². The number of nitrogens with zero attached hydrogens (tertiary/aromatic N) is 2. The summed E-state index contributed by atoms with van der Waals surface area (Å²) in [4.78, 5) is 16.8. The molecule has 0 radical (unpaired) electrons. The minimum absolute atomic E-state index is 0.322. The third-order valence-electron chi connectivity index (χ3n) is 5.27. The number of hydrogen-bond donors (Lipinski definition) is 0. The number of rotatable bonds is 3. The Morgan fingerprint density at radius 1 is 1.27 bits per heavy atom. The van der Waals surface area contributed by atoms with Gasteiger partial charge in [-0.25, -0.2) is 0 Å². The Morgan fingerprint density at radius 2 is 2.05 bits per heavy atom. The summed E-state index contributed by atoms with van der Waals surface area (Å²) in [6, 6.07) is 6.56. The van der Waals surface area contributed by atoms with Gasteiger partial charge in [0.1, 0.15) is 5.75 Å². The molecule has 1 saturated carbocycles. The van der Waals surface area contributed by atoms with Gasteiger partial charge in [0, 0.05) is 45.1 Å². The number of carbonyl (C=O) groups is 1. The molecule has 1 aromatic carbocycles. The van der Waals surface area contributed by atoms with Gasteiger partial charge in [-0.1, -0.05) is 19.1 Å². The molecular formula is C18H24N2O2. The normalized spacial score (nSPS) is 27.4. The van der Waals surface area contributed by atoms with Crippen molar-refractivity contribution < 1.29 is 9.53 Å². The van der Waals surface area contributed by atoms with Crippen molar-refractivity contribution in [3.05, 3.63) is 29.3 Å². The van der Waals surface area contributed by atoms with E-state index in [2.05, 4.69) is 34.9 Å². The van der Waals surface area contributed by atoms with E-state index in [9.17, 15) is 4.79 Å². The Morgan fingerprint density at radius 3 is 2.77 bits per heavy atom. The minimum Gasteiger partial charge on any atom is -0.493 e. The second-order valence-electron chi connectivity index (χ2n) is 6.96. The second kappa shape index (κ2) is 5.58. The Labute approximate surface area is 132 Å². The van der Waals surface area contributed by atoms with Gasteiger partial charge in [-0.2, -0.15) is 0 Å². The summed E-state index contributed by atoms with van der Waals surface area (Å²) >= 11 is 0. The van der Waals surface area contributed by atoms with Gasteiger partial charge < -0.3 is 9.64 Å². The molecule has 4 heteroatoms. The molecule has 0 spiro atoms. The van der Waals surface area contributed by atoms with Crippen LogP contribution in [-0.2, 0) is 17.8 Å². The monoisotopic (exact) mass is 300 g/mol. The first-order valence-corrected chi connectivity index (χ1v) is 8.46. The second-order valence-corrected chi connectivity index (χ2v) is 6.96. The van der Waals surface area contributed by atoms with Gasteiger partial charge >= 0.3 is 0 Å². The van der Waals surface area contributed by atoms with Gasteiger partial charge in [0.2, 0.25) is 5.91 Å². The lowest BCUT2D eigenvalue weighted by molar-refractivity contribution is -0.134. The zero-order chi connectivity index (χ0) is 15.1. The van der Waals surface area contributed by atoms with Crippen LogP contribution in [0.25, 0.3) is 0 Å². The van der Waals surface area contributed by atoms with Crippen LogP contribution < -0.4 is 4.74 Å². The van der Waals surface area contributed by atoms with Crippen LogP contribution in [0.1, 0.15) is 24.5 Å². The van der Waals surface area contributed by atoms with E-state index in [0.29, 0.717) is 17.7 Å². The molecular weight excluding hydrogens is 276 g/mol. The summed E-state index contributed by atoms with van der Waals surface area (Å²) in [7, 11) is 0. The smallest absolute Gasteiger partial charge is 0.226 e. The molecule has 118 valence electrons. The minimum atomic E-state index is 0.322. The highest BCUT2D eigenvalue weighted by molar-refractivity contribution is 5.81. The van der Waals surface area contributed by atoms with Crippen molar-refractivity contribution in [3.63, 3.8) is 0 Å². The average Bonchev–Trinajstić information content (AvgIpc) is 3.08. The van der Waals surface area contributed by atoms with Crippen LogP contribution in [0.3, 0.4) is 0 Å². The van der Waals surface area contributed by atoms with Crippen molar-refractivity contribution in [2.45, 2.75) is 26.3 Å². The van der Waals surface area contributed by atoms with Crippen LogP contribution in [0.15, 0.2) is 18.2 Å². The maximum Gasteiger partial charge on any atom is 0.226 e. The summed E-state index contributed by atoms with van der Waals surface area (Å²) in [6.45, 7) is 7.72. The molecule has 2 fully saturated rings. The largest absolute Gasteiger partial charge is 0.493 e. The molecule has 0 unspecified atom stereocenters. The molecule has 1 amide bonds. The molecule has 1 aromatic rings. The van der Waals surface area contributed by atoms with Gasteiger partial charge in [0.05, 0.1) is 6.61 Å². The number of piperazine rings is 1. The van der Waals surface area contributed by atoms with Crippen LogP contribution in [0, 0.1) is 11.8 Å². The SMILES string of the molecule is C[C@@H]1C[C@H]1C(=O)N1CCN(Cc2ccc3c(c2)CCO3)CC1. The highest BCUT2D eigenvalue weighted by atomic mass is 16.5. The molecule has 4 rings (SSSR count). The topological polar surface area (TPSA) is 32.8 Å². The van der Waals surface area contributed by atoms with Crippen molar-refractivity contribution in [1.82, 2.24) is 9.80 Å². The number of benzene rings is 1. The van der Waals surface area contributed by atoms with E-state index in [-0.39, 0.29) is 0 Å². The zero-order valence-electron chi connectivity index (χ0n) is 13.3. The maximum atomic E-state index is 12.3. The number of fused-ring (bicyclic) bond motifs is 1. The van der Waals surface area contributed by atoms with E-state index in [1.807, 2.05) is 0 Å². The lowest BCUT2D eigenvalue weighted by Crippen LogP contribution is -2.48. The van der Waals surface area contributed by atoms with Crippen molar-refractivity contribution in [2.24, 2.45) is 11.8 Å². The van der Waals surface area contributed by atoms with E-state index in [1.54, 1.807) is 0 Å². The lowest BCUT2D eigenvalue weighted by atomic mass is 10.1. The first kappa shape index (κ1) is 14.1. The number of amides is 1. The summed E-state index contributed by atoms with van der Waals surface area (Å²) in [6.07, 6.45) is 2.13. The zero-order valence-corrected chi connectivity index (χ0v) is 13.3. The van der Waals surface area contributed by atoms with Gasteiger partial charge in [0.25, 0.3) is 0 Å². The summed E-state index contributed by atoms with van der Waals surface area (Å²) < 4.78 is 5.56. The molecule has 2 atom stereocenters. The first-order chi connectivity index (χ1) is 10.7. The van der Waals surface area contributed by atoms with E-state index in [4.69, 9.17) is 4.74 Å². The van der Waals surface area contributed by atoms with Crippen molar-refractivity contribution in [2.75, 3.05) is 32.8 Å². The fraction of sp³-hybridized carbons (Fsp3) is 0.611. The summed E-state index contributed by atoms with van der Waals surface area (Å²) in [5.41, 5.74) is 2.70. The van der Waals surface area contributed by atoms with E-state index < -0.39 is 0 Å². The van der Waals surface area contributed by atoms with Crippen molar-refractivity contribution >= 4 is 5.91 Å². The number of carbonyl (C=O) groups excluding carboxylic acids is 1. The summed E-state index contributed by atoms with van der Waals surface area (Å²) in [5, 5.41) is 0. The fourth-order valence-corrected chi connectivity index (χ4v) is 3.62. The van der Waals surface area contributed by atoms with Crippen molar-refractivity contribution in [1.29, 1.82) is 0 Å². The molecule has 0 bridgehead atoms. The molecule has 4 nitrogen and oxygen atoms in total. The molecule has 0 N–H and O–H groups in total. The Balaban J connectivity index is 1.31. The van der Waals surface area contributed by atoms with Crippen LogP contribution in [-0.4, -0.2) is 48.5 Å². The van der Waals surface area contributed by atoms with E-state index in [1.165, 1.54) is 11.1 Å². The molecule has 1 saturated heterocycles. The molecule has 22 heavy (non-hydrogen) atoms. The molecule has 1 aliphatic carbocycles. The van der Waals surface area contributed by atoms with Crippen LogP contribution in [0.2, 0.25) is 0 Å². The highest BCUT2D eigenvalue weighted by Gasteiger charge is 2.41. The fourth-order valence-electron chi connectivity index (χ4n) is 3.62. The molecule has 2 heterocycles. The average molecular weight is 300 g/mol. The lowest BCUT2D eigenvalue weighted by Gasteiger charge is -2.35.